The number of nitriles is 1. The molecular weight excluding hydrogens is 628 g/mol. The Morgan fingerprint density at radius 2 is 1.84 bits per heavy atom. The third-order valence-corrected chi connectivity index (χ3v) is 10.9. The maximum Gasteiger partial charge on any atom is 0.348 e. The Kier molecular flexibility index (Phi) is 8.33. The Hall–Kier alpha value is -5.31. The van der Waals surface area contributed by atoms with Gasteiger partial charge in [0.1, 0.15) is 17.6 Å². The molecule has 1 aliphatic heterocycles. The molecule has 0 spiro atoms. The number of benzene rings is 3. The number of rotatable bonds is 9. The Bertz CT molecular complexity index is 2140. The van der Waals surface area contributed by atoms with Crippen LogP contribution in [0.1, 0.15) is 81.3 Å². The number of carbonyl (C=O) groups is 2. The maximum atomic E-state index is 13.8. The van der Waals surface area contributed by atoms with Gasteiger partial charge in [0.25, 0.3) is 0 Å². The number of hydrogen-bond acceptors (Lipinski definition) is 6. The molecule has 0 radical (unpaired) electrons. The SMILES string of the molecule is C=C([NH3+])c1cc2c(cc1C)[C@@](C[C@H](C)NCC(=O)N1C(C#N)C[C@@H]3C[C@@H]31)(c1nn(-c3ccc(C)cc3)c(=O)[nH]1)c1ccc(C(N)=O)cc1CC2. The van der Waals surface area contributed by atoms with Crippen molar-refractivity contribution < 1.29 is 15.3 Å². The number of H-pyrrole nitrogens is 1. The van der Waals surface area contributed by atoms with Gasteiger partial charge in [0.05, 0.1) is 23.7 Å². The molecule has 1 unspecified atom stereocenters. The number of fused-ring (bicyclic) bond motifs is 3. The van der Waals surface area contributed by atoms with Crippen LogP contribution in [-0.4, -0.2) is 56.1 Å². The van der Waals surface area contributed by atoms with E-state index in [2.05, 4.69) is 40.8 Å². The van der Waals surface area contributed by atoms with Gasteiger partial charge in [-0.3, -0.25) is 14.6 Å². The number of carbonyl (C=O) groups excluding carboxylic acids is 2. The molecular formula is C39H43N8O3+. The summed E-state index contributed by atoms with van der Waals surface area (Å²) in [7, 11) is 0. The Balaban J connectivity index is 1.39. The number of quaternary nitrogens is 1. The van der Waals surface area contributed by atoms with Crippen LogP contribution in [0.5, 0.6) is 0 Å². The third-order valence-electron chi connectivity index (χ3n) is 10.9. The largest absolute Gasteiger partial charge is 0.366 e. The van der Waals surface area contributed by atoms with Gasteiger partial charge >= 0.3 is 5.69 Å². The minimum Gasteiger partial charge on any atom is -0.366 e. The van der Waals surface area contributed by atoms with Crippen molar-refractivity contribution in [1.82, 2.24) is 25.0 Å². The highest BCUT2D eigenvalue weighted by Gasteiger charge is 2.54. The van der Waals surface area contributed by atoms with Crippen molar-refractivity contribution in [2.75, 3.05) is 6.54 Å². The molecule has 2 aliphatic carbocycles. The number of primary amides is 1. The highest BCUT2D eigenvalue weighted by atomic mass is 16.2. The smallest absolute Gasteiger partial charge is 0.348 e. The number of hydrogen-bond donors (Lipinski definition) is 4. The lowest BCUT2D eigenvalue weighted by atomic mass is 9.67. The van der Waals surface area contributed by atoms with Crippen LogP contribution >= 0.6 is 0 Å². The summed E-state index contributed by atoms with van der Waals surface area (Å²) >= 11 is 0. The van der Waals surface area contributed by atoms with Gasteiger partial charge in [0.2, 0.25) is 11.8 Å². The zero-order valence-electron chi connectivity index (χ0n) is 28.8. The summed E-state index contributed by atoms with van der Waals surface area (Å²) in [4.78, 5) is 44.6. The minimum absolute atomic E-state index is 0.0760. The number of nitrogens with one attached hydrogen (secondary N) is 2. The first kappa shape index (κ1) is 33.2. The van der Waals surface area contributed by atoms with E-state index in [0.29, 0.717) is 48.0 Å². The summed E-state index contributed by atoms with van der Waals surface area (Å²) in [5.74, 6) is 0.274. The third kappa shape index (κ3) is 5.64. The van der Waals surface area contributed by atoms with Gasteiger partial charge in [0, 0.05) is 23.2 Å². The van der Waals surface area contributed by atoms with Crippen molar-refractivity contribution in [2.45, 2.75) is 76.4 Å². The Morgan fingerprint density at radius 3 is 2.52 bits per heavy atom. The van der Waals surface area contributed by atoms with E-state index < -0.39 is 11.3 Å². The zero-order valence-corrected chi connectivity index (χ0v) is 28.8. The van der Waals surface area contributed by atoms with Crippen molar-refractivity contribution in [1.29, 1.82) is 5.26 Å². The number of aromatic amines is 1. The Morgan fingerprint density at radius 1 is 1.12 bits per heavy atom. The molecule has 2 amide bonds. The first-order valence-corrected chi connectivity index (χ1v) is 17.2. The number of likely N-dealkylation sites (tertiary alicyclic amines) is 1. The second-order valence-electron chi connectivity index (χ2n) is 14.3. The molecule has 256 valence electrons. The van der Waals surface area contributed by atoms with Crippen LogP contribution in [0.25, 0.3) is 11.4 Å². The van der Waals surface area contributed by atoms with Crippen LogP contribution in [0, 0.1) is 31.1 Å². The van der Waals surface area contributed by atoms with Gasteiger partial charge in [-0.05, 0) is 124 Å². The van der Waals surface area contributed by atoms with Crippen molar-refractivity contribution >= 4 is 17.5 Å². The fourth-order valence-corrected chi connectivity index (χ4v) is 8.29. The first-order valence-electron chi connectivity index (χ1n) is 17.2. The number of nitrogens with zero attached hydrogens (tertiary/aromatic N) is 4. The second-order valence-corrected chi connectivity index (χ2v) is 14.3. The predicted octanol–water partition coefficient (Wildman–Crippen LogP) is 2.80. The molecule has 4 aromatic rings. The zero-order chi connectivity index (χ0) is 35.5. The normalized spacial score (nSPS) is 22.5. The van der Waals surface area contributed by atoms with E-state index in [4.69, 9.17) is 10.8 Å². The lowest BCUT2D eigenvalue weighted by Crippen LogP contribution is -2.47. The molecule has 3 aromatic carbocycles. The van der Waals surface area contributed by atoms with Crippen LogP contribution < -0.4 is 22.5 Å². The van der Waals surface area contributed by atoms with Gasteiger partial charge in [-0.1, -0.05) is 29.8 Å². The summed E-state index contributed by atoms with van der Waals surface area (Å²) in [5.41, 5.74) is 17.1. The van der Waals surface area contributed by atoms with Crippen molar-refractivity contribution in [3.8, 4) is 11.8 Å². The number of aryl methyl sites for hydroxylation is 4. The molecule has 11 nitrogen and oxygen atoms in total. The van der Waals surface area contributed by atoms with Crippen LogP contribution in [0.2, 0.25) is 0 Å². The molecule has 2 heterocycles. The van der Waals surface area contributed by atoms with E-state index >= 15 is 0 Å². The van der Waals surface area contributed by atoms with E-state index in [1.165, 1.54) is 4.68 Å². The lowest BCUT2D eigenvalue weighted by molar-refractivity contribution is -0.243. The molecule has 5 atom stereocenters. The number of amides is 2. The molecule has 1 aromatic heterocycles. The Labute approximate surface area is 291 Å². The molecule has 1 saturated heterocycles. The van der Waals surface area contributed by atoms with Gasteiger partial charge in [0.15, 0.2) is 0 Å². The van der Waals surface area contributed by atoms with Crippen LogP contribution in [0.4, 0.5) is 0 Å². The summed E-state index contributed by atoms with van der Waals surface area (Å²) in [6.45, 7) is 10.2. The number of piperidine rings is 1. The number of aromatic nitrogens is 3. The van der Waals surface area contributed by atoms with Crippen molar-refractivity contribution in [3.05, 3.63) is 122 Å². The van der Waals surface area contributed by atoms with Gasteiger partial charge in [-0.15, -0.1) is 5.10 Å². The standard InChI is InChI=1S/C39H42N8O3/c1-21-5-10-29(11-6-21)47-38(50)44-37(45-47)39(18-23(3)43-20-35(48)46-30(19-40)15-28-17-34(28)46)32-12-9-27(36(42)49)14-25(32)7-8-26-16-31(24(4)41)22(2)13-33(26)39/h5-6,9-14,16,23,28,30,34,43H,4,7-8,15,17-18,20,41H2,1-3H3,(H2,42,49)(H,44,45,50)/p+1/t23-,28+,30?,34-,39-/m0/s1. The van der Waals surface area contributed by atoms with E-state index in [-0.39, 0.29) is 36.3 Å². The topological polar surface area (TPSA) is 178 Å². The molecule has 0 bridgehead atoms. The fourth-order valence-electron chi connectivity index (χ4n) is 8.29. The molecule has 50 heavy (non-hydrogen) atoms. The lowest BCUT2D eigenvalue weighted by Gasteiger charge is -2.37. The molecule has 2 fully saturated rings. The molecule has 3 aliphatic rings. The van der Waals surface area contributed by atoms with Gasteiger partial charge in [-0.2, -0.15) is 9.94 Å². The highest BCUT2D eigenvalue weighted by Crippen LogP contribution is 2.49. The van der Waals surface area contributed by atoms with E-state index in [1.807, 2.05) is 57.2 Å². The van der Waals surface area contributed by atoms with Crippen LogP contribution in [-0.2, 0) is 23.1 Å². The van der Waals surface area contributed by atoms with Crippen LogP contribution in [0.3, 0.4) is 0 Å². The van der Waals surface area contributed by atoms with Crippen molar-refractivity contribution in [3.63, 3.8) is 0 Å². The highest BCUT2D eigenvalue weighted by molar-refractivity contribution is 5.93. The van der Waals surface area contributed by atoms with E-state index in [9.17, 15) is 19.6 Å². The molecule has 11 heteroatoms. The fraction of sp³-hybridized carbons (Fsp3) is 0.359. The van der Waals surface area contributed by atoms with Crippen LogP contribution in [0.15, 0.2) is 66.0 Å². The average Bonchev–Trinajstić information content (AvgIpc) is 3.62. The van der Waals surface area contributed by atoms with E-state index in [0.717, 1.165) is 51.8 Å². The van der Waals surface area contributed by atoms with Crippen molar-refractivity contribution in [2.24, 2.45) is 11.7 Å². The first-order chi connectivity index (χ1) is 23.9. The molecule has 1 saturated carbocycles. The summed E-state index contributed by atoms with van der Waals surface area (Å²) in [6.07, 6.45) is 3.39. The molecule has 7 rings (SSSR count). The summed E-state index contributed by atoms with van der Waals surface area (Å²) < 4.78 is 1.39. The maximum absolute atomic E-state index is 13.8. The van der Waals surface area contributed by atoms with Gasteiger partial charge < -0.3 is 21.7 Å². The van der Waals surface area contributed by atoms with E-state index in [1.54, 1.807) is 11.0 Å². The summed E-state index contributed by atoms with van der Waals surface area (Å²) in [5, 5.41) is 18.2. The second kappa shape index (κ2) is 12.5. The quantitative estimate of drug-likeness (QED) is 0.213. The number of nitrogens with two attached hydrogens (primary N) is 1. The molecule has 7 N–H and O–H groups in total. The predicted molar refractivity (Wildman–Crippen MR) is 189 cm³/mol. The minimum atomic E-state index is -1.02. The monoisotopic (exact) mass is 671 g/mol. The average molecular weight is 672 g/mol. The summed E-state index contributed by atoms with van der Waals surface area (Å²) in [6, 6.07) is 19.2. The van der Waals surface area contributed by atoms with Gasteiger partial charge in [-0.25, -0.2) is 4.79 Å².